The fourth-order valence-corrected chi connectivity index (χ4v) is 4.95. The molecule has 1 N–H and O–H groups in total. The molecule has 2 aromatic heterocycles. The highest BCUT2D eigenvalue weighted by atomic mass is 79.9. The summed E-state index contributed by atoms with van der Waals surface area (Å²) in [6, 6.07) is 17.2. The third-order valence-electron chi connectivity index (χ3n) is 4.33. The smallest absolute Gasteiger partial charge is 0.291 e. The number of carbonyl (C=O) groups excluding carboxylic acids is 1. The number of carbonyl (C=O) groups is 1. The average Bonchev–Trinajstić information content (AvgIpc) is 3.23. The Kier molecular flexibility index (Phi) is 6.74. The number of hydrogen-bond acceptors (Lipinski definition) is 6. The van der Waals surface area contributed by atoms with Gasteiger partial charge < -0.3 is 4.74 Å². The van der Waals surface area contributed by atoms with E-state index < -0.39 is 5.91 Å². The molecule has 2 heterocycles. The molecule has 0 fully saturated rings. The molecule has 0 saturated heterocycles. The zero-order valence-electron chi connectivity index (χ0n) is 16.5. The van der Waals surface area contributed by atoms with Crippen molar-refractivity contribution in [3.63, 3.8) is 0 Å². The summed E-state index contributed by atoms with van der Waals surface area (Å²) >= 11 is 6.08. The van der Waals surface area contributed by atoms with E-state index in [2.05, 4.69) is 32.4 Å². The van der Waals surface area contributed by atoms with E-state index in [0.29, 0.717) is 26.9 Å². The Morgan fingerprint density at radius 3 is 2.87 bits per heavy atom. The van der Waals surface area contributed by atoms with Crippen molar-refractivity contribution < 1.29 is 9.53 Å². The Morgan fingerprint density at radius 2 is 2.06 bits per heavy atom. The Morgan fingerprint density at radius 1 is 1.23 bits per heavy atom. The van der Waals surface area contributed by atoms with Crippen LogP contribution in [0.15, 0.2) is 74.4 Å². The standard InChI is InChI=1S/C22H18BrN3O3S2/c1-14-5-4-6-15(11-14)13-31-22-24-17-9-10-30-20(17)21(28)26(22)25-19(27)12-29-18-8-3-2-7-16(18)23/h2-11H,12-13H2,1H3,(H,25,27). The van der Waals surface area contributed by atoms with E-state index >= 15 is 0 Å². The van der Waals surface area contributed by atoms with Crippen molar-refractivity contribution in [2.24, 2.45) is 0 Å². The summed E-state index contributed by atoms with van der Waals surface area (Å²) in [5.41, 5.74) is 5.24. The van der Waals surface area contributed by atoms with Crippen LogP contribution in [-0.4, -0.2) is 22.2 Å². The first-order valence-corrected chi connectivity index (χ1v) is 12.0. The Labute approximate surface area is 195 Å². The second kappa shape index (κ2) is 9.67. The molecular weight excluding hydrogens is 498 g/mol. The molecule has 0 aliphatic carbocycles. The first-order chi connectivity index (χ1) is 15.0. The number of benzene rings is 2. The number of para-hydroxylation sites is 1. The van der Waals surface area contributed by atoms with Gasteiger partial charge in [-0.05, 0) is 52.0 Å². The van der Waals surface area contributed by atoms with Gasteiger partial charge in [0.05, 0.1) is 9.99 Å². The van der Waals surface area contributed by atoms with E-state index in [1.165, 1.54) is 27.8 Å². The predicted octanol–water partition coefficient (Wildman–Crippen LogP) is 4.97. The number of ether oxygens (including phenoxy) is 1. The average molecular weight is 516 g/mol. The lowest BCUT2D eigenvalue weighted by atomic mass is 10.2. The highest BCUT2D eigenvalue weighted by molar-refractivity contribution is 9.10. The summed E-state index contributed by atoms with van der Waals surface area (Å²) in [4.78, 5) is 30.1. The lowest BCUT2D eigenvalue weighted by Crippen LogP contribution is -2.37. The van der Waals surface area contributed by atoms with Crippen molar-refractivity contribution in [2.45, 2.75) is 17.8 Å². The van der Waals surface area contributed by atoms with Gasteiger partial charge in [0, 0.05) is 5.75 Å². The largest absolute Gasteiger partial charge is 0.483 e. The van der Waals surface area contributed by atoms with Crippen LogP contribution in [0.4, 0.5) is 0 Å². The zero-order chi connectivity index (χ0) is 21.8. The van der Waals surface area contributed by atoms with E-state index in [1.807, 2.05) is 48.7 Å². The number of fused-ring (bicyclic) bond motifs is 1. The Hall–Kier alpha value is -2.62. The number of amides is 1. The molecule has 0 bridgehead atoms. The van der Waals surface area contributed by atoms with E-state index in [-0.39, 0.29) is 12.2 Å². The second-order valence-electron chi connectivity index (χ2n) is 6.70. The molecule has 0 unspecified atom stereocenters. The maximum Gasteiger partial charge on any atom is 0.291 e. The maximum atomic E-state index is 13.0. The minimum atomic E-state index is -0.451. The molecule has 0 spiro atoms. The van der Waals surface area contributed by atoms with Gasteiger partial charge in [0.2, 0.25) is 0 Å². The van der Waals surface area contributed by atoms with Crippen molar-refractivity contribution in [2.75, 3.05) is 12.0 Å². The number of nitrogens with zero attached hydrogens (tertiary/aromatic N) is 2. The number of rotatable bonds is 7. The first-order valence-electron chi connectivity index (χ1n) is 9.37. The molecule has 31 heavy (non-hydrogen) atoms. The van der Waals surface area contributed by atoms with Crippen LogP contribution in [0.2, 0.25) is 0 Å². The van der Waals surface area contributed by atoms with Gasteiger partial charge in [0.1, 0.15) is 10.4 Å². The van der Waals surface area contributed by atoms with Gasteiger partial charge in [0.15, 0.2) is 11.8 Å². The number of nitrogens with one attached hydrogen (secondary N) is 1. The summed E-state index contributed by atoms with van der Waals surface area (Å²) in [6.07, 6.45) is 0. The van der Waals surface area contributed by atoms with E-state index in [0.717, 1.165) is 15.6 Å². The van der Waals surface area contributed by atoms with Gasteiger partial charge in [0.25, 0.3) is 11.5 Å². The zero-order valence-corrected chi connectivity index (χ0v) is 19.7. The monoisotopic (exact) mass is 515 g/mol. The van der Waals surface area contributed by atoms with E-state index in [1.54, 1.807) is 12.1 Å². The van der Waals surface area contributed by atoms with Crippen LogP contribution in [0.3, 0.4) is 0 Å². The number of halogens is 1. The molecule has 0 aliphatic rings. The third-order valence-corrected chi connectivity index (χ3v) is 6.89. The molecule has 4 rings (SSSR count). The lowest BCUT2D eigenvalue weighted by Gasteiger charge is -2.14. The minimum absolute atomic E-state index is 0.237. The van der Waals surface area contributed by atoms with Crippen molar-refractivity contribution in [3.8, 4) is 5.75 Å². The van der Waals surface area contributed by atoms with Crippen molar-refractivity contribution in [1.82, 2.24) is 9.66 Å². The normalized spacial score (nSPS) is 10.9. The molecule has 0 saturated carbocycles. The van der Waals surface area contributed by atoms with E-state index in [4.69, 9.17) is 4.74 Å². The fourth-order valence-electron chi connectivity index (χ4n) is 2.90. The molecule has 9 heteroatoms. The Balaban J connectivity index is 1.55. The minimum Gasteiger partial charge on any atom is -0.483 e. The molecule has 1 amide bonds. The third kappa shape index (κ3) is 5.17. The SMILES string of the molecule is Cc1cccc(CSc2nc3ccsc3c(=O)n2NC(=O)COc2ccccc2Br)c1. The molecule has 4 aromatic rings. The van der Waals surface area contributed by atoms with Gasteiger partial charge in [-0.3, -0.25) is 15.0 Å². The van der Waals surface area contributed by atoms with Gasteiger partial charge in [-0.1, -0.05) is 53.7 Å². The molecule has 0 radical (unpaired) electrons. The van der Waals surface area contributed by atoms with Crippen LogP contribution in [0.5, 0.6) is 5.75 Å². The number of aromatic nitrogens is 2. The molecule has 0 atom stereocenters. The van der Waals surface area contributed by atoms with Crippen LogP contribution in [-0.2, 0) is 10.5 Å². The summed E-state index contributed by atoms with van der Waals surface area (Å²) in [6.45, 7) is 1.80. The molecule has 158 valence electrons. The number of aryl methyl sites for hydroxylation is 1. The number of thioether (sulfide) groups is 1. The van der Waals surface area contributed by atoms with Crippen molar-refractivity contribution in [3.05, 3.63) is 85.9 Å². The van der Waals surface area contributed by atoms with E-state index in [9.17, 15) is 9.59 Å². The molecule has 6 nitrogen and oxygen atoms in total. The quantitative estimate of drug-likeness (QED) is 0.278. The van der Waals surface area contributed by atoms with Crippen LogP contribution >= 0.6 is 39.0 Å². The van der Waals surface area contributed by atoms with Crippen molar-refractivity contribution >= 4 is 55.2 Å². The van der Waals surface area contributed by atoms with Crippen LogP contribution in [0, 0.1) is 6.92 Å². The van der Waals surface area contributed by atoms with Gasteiger partial charge in [-0.2, -0.15) is 4.68 Å². The summed E-state index contributed by atoms with van der Waals surface area (Å²) in [5.74, 6) is 0.714. The van der Waals surface area contributed by atoms with Crippen LogP contribution < -0.4 is 15.7 Å². The number of hydrogen-bond donors (Lipinski definition) is 1. The van der Waals surface area contributed by atoms with Gasteiger partial charge in [-0.25, -0.2) is 4.98 Å². The fraction of sp³-hybridized carbons (Fsp3) is 0.136. The van der Waals surface area contributed by atoms with Crippen LogP contribution in [0.1, 0.15) is 11.1 Å². The molecule has 0 aliphatic heterocycles. The van der Waals surface area contributed by atoms with Crippen molar-refractivity contribution in [1.29, 1.82) is 0 Å². The predicted molar refractivity (Wildman–Crippen MR) is 129 cm³/mol. The summed E-state index contributed by atoms with van der Waals surface area (Å²) in [5, 5.41) is 2.24. The highest BCUT2D eigenvalue weighted by Crippen LogP contribution is 2.25. The summed E-state index contributed by atoms with van der Waals surface area (Å²) in [7, 11) is 0. The molecule has 2 aromatic carbocycles. The maximum absolute atomic E-state index is 13.0. The molecular formula is C22H18BrN3O3S2. The van der Waals surface area contributed by atoms with Gasteiger partial charge in [-0.15, -0.1) is 11.3 Å². The summed E-state index contributed by atoms with van der Waals surface area (Å²) < 4.78 is 8.02. The Bertz CT molecular complexity index is 1300. The lowest BCUT2D eigenvalue weighted by molar-refractivity contribution is -0.119. The number of thiophene rings is 1. The van der Waals surface area contributed by atoms with Crippen LogP contribution in [0.25, 0.3) is 10.2 Å². The topological polar surface area (TPSA) is 73.2 Å². The van der Waals surface area contributed by atoms with Gasteiger partial charge >= 0.3 is 0 Å². The highest BCUT2D eigenvalue weighted by Gasteiger charge is 2.16. The second-order valence-corrected chi connectivity index (χ2v) is 9.41. The first kappa shape index (κ1) is 21.6.